The van der Waals surface area contributed by atoms with Gasteiger partial charge >= 0.3 is 6.18 Å². The van der Waals surface area contributed by atoms with Crippen molar-refractivity contribution in [2.24, 2.45) is 11.3 Å². The maximum atomic E-state index is 14.1. The number of nitrogens with zero attached hydrogens (tertiary/aromatic N) is 1. The third-order valence-electron chi connectivity index (χ3n) is 7.59. The monoisotopic (exact) mass is 494 g/mol. The fraction of sp³-hybridized carbons (Fsp3) is 0.414. The highest BCUT2D eigenvalue weighted by molar-refractivity contribution is 6.13. The predicted molar refractivity (Wildman–Crippen MR) is 130 cm³/mol. The minimum atomic E-state index is -4.48. The van der Waals surface area contributed by atoms with Gasteiger partial charge in [0.05, 0.1) is 5.56 Å². The number of aromatic nitrogens is 1. The lowest BCUT2D eigenvalue weighted by atomic mass is 9.67. The van der Waals surface area contributed by atoms with Crippen LogP contribution in [0.1, 0.15) is 79.8 Å². The summed E-state index contributed by atoms with van der Waals surface area (Å²) in [7, 11) is 0. The zero-order valence-electron chi connectivity index (χ0n) is 20.4. The number of dihydropyridines is 1. The van der Waals surface area contributed by atoms with Crippen LogP contribution < -0.4 is 5.32 Å². The Bertz CT molecular complexity index is 1250. The minimum Gasteiger partial charge on any atom is -0.361 e. The maximum Gasteiger partial charge on any atom is 0.416 e. The van der Waals surface area contributed by atoms with Crippen LogP contribution >= 0.6 is 0 Å². The molecule has 5 rings (SSSR count). The summed E-state index contributed by atoms with van der Waals surface area (Å²) >= 11 is 0. The van der Waals surface area contributed by atoms with Gasteiger partial charge in [0.2, 0.25) is 0 Å². The standard InChI is InChI=1S/C29H29F3N2O2/c1-28(2)15-21-24(22(35)16-28)23(17-11-13-33-14-12-17)25(26(34-21)18-5-3-4-6-18)27(36)19-7-9-20(10-8-19)29(30,31)32/h7-14,18,23,34H,3-6,15-16H2,1-2H3. The lowest BCUT2D eigenvalue weighted by Crippen LogP contribution is -2.40. The van der Waals surface area contributed by atoms with Crippen molar-refractivity contribution in [1.82, 2.24) is 10.3 Å². The van der Waals surface area contributed by atoms with E-state index in [4.69, 9.17) is 0 Å². The molecule has 0 bridgehead atoms. The molecule has 1 atom stereocenters. The molecule has 0 saturated heterocycles. The van der Waals surface area contributed by atoms with E-state index in [0.717, 1.165) is 54.8 Å². The zero-order valence-corrected chi connectivity index (χ0v) is 20.4. The highest BCUT2D eigenvalue weighted by Gasteiger charge is 2.45. The molecule has 2 aliphatic carbocycles. The largest absolute Gasteiger partial charge is 0.416 e. The molecule has 36 heavy (non-hydrogen) atoms. The van der Waals surface area contributed by atoms with E-state index in [2.05, 4.69) is 24.1 Å². The molecule has 4 nitrogen and oxygen atoms in total. The number of ketones is 2. The molecular weight excluding hydrogens is 465 g/mol. The summed E-state index contributed by atoms with van der Waals surface area (Å²) in [6, 6.07) is 8.01. The van der Waals surface area contributed by atoms with E-state index < -0.39 is 17.7 Å². The van der Waals surface area contributed by atoms with E-state index in [1.807, 2.05) is 12.1 Å². The second kappa shape index (κ2) is 9.02. The van der Waals surface area contributed by atoms with Crippen LogP contribution in [-0.4, -0.2) is 16.6 Å². The van der Waals surface area contributed by atoms with Crippen molar-refractivity contribution >= 4 is 11.6 Å². The highest BCUT2D eigenvalue weighted by Crippen LogP contribution is 2.49. The van der Waals surface area contributed by atoms with E-state index in [-0.39, 0.29) is 28.5 Å². The van der Waals surface area contributed by atoms with Crippen LogP contribution in [0.3, 0.4) is 0 Å². The van der Waals surface area contributed by atoms with Gasteiger partial charge in [-0.15, -0.1) is 0 Å². The van der Waals surface area contributed by atoms with Crippen LogP contribution in [0.25, 0.3) is 0 Å². The molecule has 0 radical (unpaired) electrons. The smallest absolute Gasteiger partial charge is 0.361 e. The summed E-state index contributed by atoms with van der Waals surface area (Å²) in [5.74, 6) is -0.793. The molecule has 1 aliphatic heterocycles. The molecule has 1 aromatic carbocycles. The topological polar surface area (TPSA) is 59.1 Å². The third kappa shape index (κ3) is 4.51. The van der Waals surface area contributed by atoms with Crippen molar-refractivity contribution < 1.29 is 22.8 Å². The number of rotatable bonds is 4. The first-order valence-electron chi connectivity index (χ1n) is 12.4. The summed E-state index contributed by atoms with van der Waals surface area (Å²) in [6.45, 7) is 4.14. The molecule has 0 amide bonds. The van der Waals surface area contributed by atoms with E-state index in [1.54, 1.807) is 12.4 Å². The highest BCUT2D eigenvalue weighted by atomic mass is 19.4. The fourth-order valence-electron chi connectivity index (χ4n) is 5.96. The van der Waals surface area contributed by atoms with Crippen molar-refractivity contribution in [2.45, 2.75) is 64.5 Å². The van der Waals surface area contributed by atoms with Crippen molar-refractivity contribution in [3.63, 3.8) is 0 Å². The maximum absolute atomic E-state index is 14.1. The number of Topliss-reactive ketones (excluding diaryl/α,β-unsaturated/α-hetero) is 2. The van der Waals surface area contributed by atoms with Gasteiger partial charge in [-0.1, -0.05) is 38.8 Å². The summed E-state index contributed by atoms with van der Waals surface area (Å²) in [5, 5.41) is 3.54. The number of alkyl halides is 3. The average Bonchev–Trinajstić information content (AvgIpc) is 3.37. The molecule has 2 aromatic rings. The van der Waals surface area contributed by atoms with Gasteiger partial charge in [0.15, 0.2) is 11.6 Å². The van der Waals surface area contributed by atoms with Gasteiger partial charge in [-0.05, 0) is 60.4 Å². The predicted octanol–water partition coefficient (Wildman–Crippen LogP) is 6.76. The van der Waals surface area contributed by atoms with E-state index in [9.17, 15) is 22.8 Å². The first-order chi connectivity index (χ1) is 17.0. The number of allylic oxidation sites excluding steroid dienone is 4. The summed E-state index contributed by atoms with van der Waals surface area (Å²) < 4.78 is 39.5. The zero-order chi connectivity index (χ0) is 25.7. The van der Waals surface area contributed by atoms with Gasteiger partial charge in [0.1, 0.15) is 0 Å². The normalized spacial score (nSPS) is 22.5. The van der Waals surface area contributed by atoms with Crippen LogP contribution in [-0.2, 0) is 11.0 Å². The third-order valence-corrected chi connectivity index (χ3v) is 7.59. The first kappa shape index (κ1) is 24.5. The molecule has 188 valence electrons. The molecule has 1 unspecified atom stereocenters. The Balaban J connectivity index is 1.69. The van der Waals surface area contributed by atoms with E-state index >= 15 is 0 Å². The van der Waals surface area contributed by atoms with Gasteiger partial charge < -0.3 is 5.32 Å². The Morgan fingerprint density at radius 1 is 1.00 bits per heavy atom. The van der Waals surface area contributed by atoms with E-state index in [1.165, 1.54) is 12.1 Å². The number of hydrogen-bond donors (Lipinski definition) is 1. The van der Waals surface area contributed by atoms with Crippen molar-refractivity contribution in [3.05, 3.63) is 88.0 Å². The van der Waals surface area contributed by atoms with Crippen LogP contribution in [0.15, 0.2) is 71.3 Å². The summed E-state index contributed by atoms with van der Waals surface area (Å²) in [4.78, 5) is 31.8. The Kier molecular flexibility index (Phi) is 6.13. The quantitative estimate of drug-likeness (QED) is 0.477. The Labute approximate surface area is 208 Å². The van der Waals surface area contributed by atoms with Crippen LogP contribution in [0.4, 0.5) is 13.2 Å². The van der Waals surface area contributed by atoms with Gasteiger partial charge in [0.25, 0.3) is 0 Å². The SMILES string of the molecule is CC1(C)CC(=O)C2=C(C1)NC(C1CCCC1)=C(C(=O)c1ccc(C(F)(F)F)cc1)C2c1ccncc1. The number of nitrogens with one attached hydrogen (secondary N) is 1. The fourth-order valence-corrected chi connectivity index (χ4v) is 5.96. The van der Waals surface area contributed by atoms with Crippen LogP contribution in [0.5, 0.6) is 0 Å². The number of pyridine rings is 1. The number of carbonyl (C=O) groups excluding carboxylic acids is 2. The number of carbonyl (C=O) groups is 2. The molecule has 1 aromatic heterocycles. The number of benzene rings is 1. The molecule has 1 saturated carbocycles. The van der Waals surface area contributed by atoms with Gasteiger partial charge in [-0.25, -0.2) is 0 Å². The van der Waals surface area contributed by atoms with Crippen molar-refractivity contribution in [3.8, 4) is 0 Å². The van der Waals surface area contributed by atoms with Gasteiger partial charge in [-0.3, -0.25) is 14.6 Å². The van der Waals surface area contributed by atoms with Crippen molar-refractivity contribution in [2.75, 3.05) is 0 Å². The summed E-state index contributed by atoms with van der Waals surface area (Å²) in [5.41, 5.74) is 2.72. The Hall–Kier alpha value is -3.22. The van der Waals surface area contributed by atoms with Crippen LogP contribution in [0.2, 0.25) is 0 Å². The molecule has 7 heteroatoms. The number of halogens is 3. The van der Waals surface area contributed by atoms with Crippen LogP contribution in [0, 0.1) is 11.3 Å². The number of hydrogen-bond acceptors (Lipinski definition) is 4. The summed E-state index contributed by atoms with van der Waals surface area (Å²) in [6.07, 6.45) is 3.81. The second-order valence-corrected chi connectivity index (χ2v) is 10.9. The van der Waals surface area contributed by atoms with Crippen molar-refractivity contribution in [1.29, 1.82) is 0 Å². The minimum absolute atomic E-state index is 0.00115. The molecule has 1 fully saturated rings. The van der Waals surface area contributed by atoms with Gasteiger partial charge in [0, 0.05) is 52.8 Å². The average molecular weight is 495 g/mol. The second-order valence-electron chi connectivity index (χ2n) is 10.9. The Morgan fingerprint density at radius 2 is 1.64 bits per heavy atom. The van der Waals surface area contributed by atoms with Gasteiger partial charge in [-0.2, -0.15) is 13.2 Å². The lowest BCUT2D eigenvalue weighted by molar-refractivity contribution is -0.137. The molecule has 3 aliphatic rings. The molecule has 0 spiro atoms. The molecule has 1 N–H and O–H groups in total. The molecular formula is C29H29F3N2O2. The Morgan fingerprint density at radius 3 is 2.25 bits per heavy atom. The first-order valence-corrected chi connectivity index (χ1v) is 12.4. The van der Waals surface area contributed by atoms with E-state index in [0.29, 0.717) is 24.0 Å². The lowest BCUT2D eigenvalue weighted by Gasteiger charge is -2.41. The molecule has 2 heterocycles.